The van der Waals surface area contributed by atoms with Gasteiger partial charge in [0.15, 0.2) is 11.6 Å². The van der Waals surface area contributed by atoms with Crippen molar-refractivity contribution in [2.75, 3.05) is 17.3 Å². The van der Waals surface area contributed by atoms with Crippen LogP contribution in [0.3, 0.4) is 0 Å². The number of nitrogens with zero attached hydrogens (tertiary/aromatic N) is 1. The van der Waals surface area contributed by atoms with Crippen LogP contribution in [-0.2, 0) is 9.59 Å². The molecule has 32 heavy (non-hydrogen) atoms. The van der Waals surface area contributed by atoms with E-state index < -0.39 is 29.3 Å². The number of benzene rings is 3. The zero-order chi connectivity index (χ0) is 23.0. The Kier molecular flexibility index (Phi) is 5.63. The Morgan fingerprint density at radius 3 is 2.25 bits per heavy atom. The van der Waals surface area contributed by atoms with E-state index >= 15 is 0 Å². The second kappa shape index (κ2) is 8.39. The smallest absolute Gasteiger partial charge is 0.282 e. The molecule has 4 rings (SSSR count). The van der Waals surface area contributed by atoms with Gasteiger partial charge in [-0.1, -0.05) is 23.7 Å². The molecule has 1 heterocycles. The van der Waals surface area contributed by atoms with Crippen LogP contribution in [-0.4, -0.2) is 18.9 Å². The van der Waals surface area contributed by atoms with Crippen LogP contribution in [0.5, 0.6) is 5.75 Å². The van der Waals surface area contributed by atoms with E-state index in [4.69, 9.17) is 16.3 Å². The number of amides is 2. The molecule has 9 heteroatoms. The number of nitrogens with one attached hydrogen (secondary N) is 1. The molecule has 0 spiro atoms. The molecule has 0 fully saturated rings. The molecule has 0 saturated carbocycles. The third-order valence-corrected chi connectivity index (χ3v) is 5.03. The van der Waals surface area contributed by atoms with E-state index in [1.807, 2.05) is 0 Å². The Hall–Kier alpha value is -3.78. The van der Waals surface area contributed by atoms with Crippen LogP contribution in [0.4, 0.5) is 24.5 Å². The van der Waals surface area contributed by atoms with E-state index in [-0.39, 0.29) is 22.5 Å². The number of rotatable bonds is 5. The van der Waals surface area contributed by atoms with Gasteiger partial charge in [0.1, 0.15) is 17.3 Å². The first-order valence-electron chi connectivity index (χ1n) is 9.24. The van der Waals surface area contributed by atoms with Crippen LogP contribution >= 0.6 is 11.6 Å². The molecule has 0 aliphatic carbocycles. The number of hydrogen-bond donors (Lipinski definition) is 1. The van der Waals surface area contributed by atoms with Crippen LogP contribution in [0.25, 0.3) is 5.57 Å². The van der Waals surface area contributed by atoms with Gasteiger partial charge in [0.05, 0.1) is 24.1 Å². The first-order chi connectivity index (χ1) is 15.3. The second-order valence-corrected chi connectivity index (χ2v) is 7.21. The first-order valence-corrected chi connectivity index (χ1v) is 9.62. The second-order valence-electron chi connectivity index (χ2n) is 6.77. The molecule has 0 unspecified atom stereocenters. The van der Waals surface area contributed by atoms with Crippen molar-refractivity contribution >= 4 is 40.4 Å². The fraction of sp³-hybridized carbons (Fsp3) is 0.0435. The predicted octanol–water partition coefficient (Wildman–Crippen LogP) is 5.16. The maximum atomic E-state index is 13.8. The molecule has 3 aromatic rings. The predicted molar refractivity (Wildman–Crippen MR) is 114 cm³/mol. The molecule has 2 amide bonds. The molecule has 162 valence electrons. The van der Waals surface area contributed by atoms with Gasteiger partial charge in [0, 0.05) is 11.1 Å². The monoisotopic (exact) mass is 458 g/mol. The Morgan fingerprint density at radius 2 is 1.59 bits per heavy atom. The third-order valence-electron chi connectivity index (χ3n) is 4.80. The van der Waals surface area contributed by atoms with Crippen LogP contribution < -0.4 is 15.0 Å². The topological polar surface area (TPSA) is 58.6 Å². The largest absolute Gasteiger partial charge is 0.495 e. The standard InChI is InChI=1S/C23H14ClF3N2O3/c1-32-19-9-4-13(24)10-18(19)28-21-20(12-2-5-14(25)6-3-12)22(30)29(23(21)31)15-7-8-16(26)17(27)11-15/h2-11,28H,1H3. The fourth-order valence-corrected chi connectivity index (χ4v) is 3.47. The van der Waals surface area contributed by atoms with Crippen molar-refractivity contribution in [1.29, 1.82) is 0 Å². The molecular formula is C23H14ClF3N2O3. The molecule has 0 aromatic heterocycles. The van der Waals surface area contributed by atoms with Crippen molar-refractivity contribution < 1.29 is 27.5 Å². The average Bonchev–Trinajstić information content (AvgIpc) is 3.00. The van der Waals surface area contributed by atoms with E-state index in [1.165, 1.54) is 25.3 Å². The molecule has 0 saturated heterocycles. The van der Waals surface area contributed by atoms with Crippen molar-refractivity contribution in [3.05, 3.63) is 94.4 Å². The summed E-state index contributed by atoms with van der Waals surface area (Å²) in [5, 5.41) is 3.21. The summed E-state index contributed by atoms with van der Waals surface area (Å²) in [4.78, 5) is 27.2. The number of methoxy groups -OCH3 is 1. The van der Waals surface area contributed by atoms with E-state index in [9.17, 15) is 22.8 Å². The molecular weight excluding hydrogens is 445 g/mol. The van der Waals surface area contributed by atoms with Gasteiger partial charge in [0.25, 0.3) is 11.8 Å². The Bertz CT molecular complexity index is 1280. The minimum absolute atomic E-state index is 0.0817. The third kappa shape index (κ3) is 3.80. The minimum atomic E-state index is -1.22. The lowest BCUT2D eigenvalue weighted by atomic mass is 10.0. The highest BCUT2D eigenvalue weighted by Gasteiger charge is 2.40. The van der Waals surface area contributed by atoms with Crippen LogP contribution in [0.15, 0.2) is 66.4 Å². The highest BCUT2D eigenvalue weighted by molar-refractivity contribution is 6.46. The Balaban J connectivity index is 1.86. The van der Waals surface area contributed by atoms with E-state index in [1.54, 1.807) is 12.1 Å². The van der Waals surface area contributed by atoms with Gasteiger partial charge >= 0.3 is 0 Å². The van der Waals surface area contributed by atoms with E-state index in [0.29, 0.717) is 21.4 Å². The lowest BCUT2D eigenvalue weighted by Crippen LogP contribution is -2.32. The summed E-state index contributed by atoms with van der Waals surface area (Å²) in [6.07, 6.45) is 0. The summed E-state index contributed by atoms with van der Waals surface area (Å²) in [6.45, 7) is 0. The number of carbonyl (C=O) groups is 2. The Labute approximate surface area is 185 Å². The maximum absolute atomic E-state index is 13.8. The molecule has 5 nitrogen and oxygen atoms in total. The summed E-state index contributed by atoms with van der Waals surface area (Å²) in [6, 6.07) is 12.3. The zero-order valence-electron chi connectivity index (χ0n) is 16.5. The van der Waals surface area contributed by atoms with Gasteiger partial charge in [-0.15, -0.1) is 0 Å². The summed E-state index contributed by atoms with van der Waals surface area (Å²) < 4.78 is 45.9. The molecule has 0 atom stereocenters. The summed E-state index contributed by atoms with van der Waals surface area (Å²) in [7, 11) is 1.42. The van der Waals surface area contributed by atoms with Crippen LogP contribution in [0, 0.1) is 17.5 Å². The zero-order valence-corrected chi connectivity index (χ0v) is 17.2. The van der Waals surface area contributed by atoms with Gasteiger partial charge in [0.2, 0.25) is 0 Å². The minimum Gasteiger partial charge on any atom is -0.495 e. The van der Waals surface area contributed by atoms with Crippen LogP contribution in [0.1, 0.15) is 5.56 Å². The van der Waals surface area contributed by atoms with Gasteiger partial charge in [-0.05, 0) is 48.0 Å². The van der Waals surface area contributed by atoms with E-state index in [0.717, 1.165) is 30.3 Å². The number of anilines is 2. The summed E-state index contributed by atoms with van der Waals surface area (Å²) in [5.41, 5.74) is 0.142. The maximum Gasteiger partial charge on any atom is 0.282 e. The molecule has 0 radical (unpaired) electrons. The van der Waals surface area contributed by atoms with Crippen molar-refractivity contribution in [2.45, 2.75) is 0 Å². The summed E-state index contributed by atoms with van der Waals surface area (Å²) in [5.74, 6) is -4.15. The lowest BCUT2D eigenvalue weighted by Gasteiger charge is -2.16. The number of carbonyl (C=O) groups excluding carboxylic acids is 2. The van der Waals surface area contributed by atoms with Gasteiger partial charge in [-0.25, -0.2) is 18.1 Å². The van der Waals surface area contributed by atoms with Crippen LogP contribution in [0.2, 0.25) is 5.02 Å². The summed E-state index contributed by atoms with van der Waals surface area (Å²) >= 11 is 6.06. The molecule has 0 bridgehead atoms. The molecule has 3 aromatic carbocycles. The van der Waals surface area contributed by atoms with Gasteiger partial charge < -0.3 is 10.1 Å². The van der Waals surface area contributed by atoms with Crippen molar-refractivity contribution in [2.24, 2.45) is 0 Å². The highest BCUT2D eigenvalue weighted by Crippen LogP contribution is 2.36. The van der Waals surface area contributed by atoms with Gasteiger partial charge in [-0.2, -0.15) is 0 Å². The van der Waals surface area contributed by atoms with E-state index in [2.05, 4.69) is 5.32 Å². The number of ether oxygens (including phenoxy) is 1. The average molecular weight is 459 g/mol. The number of hydrogen-bond acceptors (Lipinski definition) is 4. The molecule has 1 aliphatic heterocycles. The van der Waals surface area contributed by atoms with Crippen molar-refractivity contribution in [3.8, 4) is 5.75 Å². The SMILES string of the molecule is COc1ccc(Cl)cc1NC1=C(c2ccc(F)cc2)C(=O)N(c2ccc(F)c(F)c2)C1=O. The fourth-order valence-electron chi connectivity index (χ4n) is 3.30. The highest BCUT2D eigenvalue weighted by atomic mass is 35.5. The lowest BCUT2D eigenvalue weighted by molar-refractivity contribution is -0.120. The van der Waals surface area contributed by atoms with Crippen molar-refractivity contribution in [3.63, 3.8) is 0 Å². The molecule has 1 aliphatic rings. The first kappa shape index (κ1) is 21.5. The number of imide groups is 1. The normalized spacial score (nSPS) is 13.7. The van der Waals surface area contributed by atoms with Gasteiger partial charge in [-0.3, -0.25) is 9.59 Å². The van der Waals surface area contributed by atoms with Crippen molar-refractivity contribution in [1.82, 2.24) is 0 Å². The molecule has 1 N–H and O–H groups in total. The Morgan fingerprint density at radius 1 is 0.875 bits per heavy atom. The quantitative estimate of drug-likeness (QED) is 0.536. The number of halogens is 4.